The molecule has 0 fully saturated rings. The molecule has 2 rings (SSSR count). The standard InChI is InChI=1S/C16H13BrF3NO3/c17-11-5-6-14(12(18)7-11)23-9-15(22)21-8-10-3-1-2-4-13(10)24-16(19)20/h1-7,16H,8-9H2,(H,21,22). The van der Waals surface area contributed by atoms with Crippen molar-refractivity contribution in [3.05, 3.63) is 58.3 Å². The number of amides is 1. The van der Waals surface area contributed by atoms with Crippen LogP contribution in [-0.4, -0.2) is 19.1 Å². The lowest BCUT2D eigenvalue weighted by Gasteiger charge is -2.12. The van der Waals surface area contributed by atoms with Crippen molar-refractivity contribution in [2.24, 2.45) is 0 Å². The topological polar surface area (TPSA) is 47.6 Å². The summed E-state index contributed by atoms with van der Waals surface area (Å²) in [5.41, 5.74) is 0.390. The molecule has 1 amide bonds. The van der Waals surface area contributed by atoms with Crippen molar-refractivity contribution in [1.29, 1.82) is 0 Å². The first-order valence-corrected chi connectivity index (χ1v) is 7.62. The van der Waals surface area contributed by atoms with Crippen LogP contribution in [0, 0.1) is 5.82 Å². The fraction of sp³-hybridized carbons (Fsp3) is 0.188. The Hall–Kier alpha value is -2.22. The van der Waals surface area contributed by atoms with E-state index in [-0.39, 0.29) is 18.0 Å². The summed E-state index contributed by atoms with van der Waals surface area (Å²) in [4.78, 5) is 11.7. The smallest absolute Gasteiger partial charge is 0.387 e. The van der Waals surface area contributed by atoms with Crippen LogP contribution in [0.3, 0.4) is 0 Å². The predicted octanol–water partition coefficient (Wildman–Crippen LogP) is 3.88. The summed E-state index contributed by atoms with van der Waals surface area (Å²) in [6.07, 6.45) is 0. The second-order valence-electron chi connectivity index (χ2n) is 4.63. The largest absolute Gasteiger partial charge is 0.481 e. The van der Waals surface area contributed by atoms with Crippen LogP contribution in [0.1, 0.15) is 5.56 Å². The van der Waals surface area contributed by atoms with Gasteiger partial charge in [-0.2, -0.15) is 8.78 Å². The summed E-state index contributed by atoms with van der Waals surface area (Å²) >= 11 is 3.11. The number of para-hydroxylation sites is 1. The van der Waals surface area contributed by atoms with E-state index >= 15 is 0 Å². The first-order chi connectivity index (χ1) is 11.5. The third-order valence-electron chi connectivity index (χ3n) is 2.92. The molecule has 4 nitrogen and oxygen atoms in total. The van der Waals surface area contributed by atoms with E-state index in [1.165, 1.54) is 18.2 Å². The molecule has 24 heavy (non-hydrogen) atoms. The summed E-state index contributed by atoms with van der Waals surface area (Å²) < 4.78 is 48.2. The van der Waals surface area contributed by atoms with Gasteiger partial charge >= 0.3 is 6.61 Å². The minimum absolute atomic E-state index is 0.0199. The molecule has 0 heterocycles. The fourth-order valence-corrected chi connectivity index (χ4v) is 2.17. The molecule has 1 N–H and O–H groups in total. The van der Waals surface area contributed by atoms with E-state index in [1.54, 1.807) is 24.3 Å². The van der Waals surface area contributed by atoms with Gasteiger partial charge in [0.2, 0.25) is 0 Å². The van der Waals surface area contributed by atoms with Gasteiger partial charge in [0.05, 0.1) is 0 Å². The molecule has 0 aliphatic rings. The predicted molar refractivity (Wildman–Crippen MR) is 84.5 cm³/mol. The maximum absolute atomic E-state index is 13.6. The molecule has 0 saturated carbocycles. The monoisotopic (exact) mass is 403 g/mol. The molecule has 8 heteroatoms. The lowest BCUT2D eigenvalue weighted by molar-refractivity contribution is -0.123. The van der Waals surface area contributed by atoms with Crippen LogP contribution in [0.2, 0.25) is 0 Å². The van der Waals surface area contributed by atoms with E-state index in [0.29, 0.717) is 10.0 Å². The molecule has 0 saturated heterocycles. The zero-order chi connectivity index (χ0) is 17.5. The summed E-state index contributed by atoms with van der Waals surface area (Å²) in [6, 6.07) is 10.3. The Balaban J connectivity index is 1.87. The first-order valence-electron chi connectivity index (χ1n) is 6.83. The lowest BCUT2D eigenvalue weighted by Crippen LogP contribution is -2.28. The lowest BCUT2D eigenvalue weighted by atomic mass is 10.2. The Kier molecular flexibility index (Phi) is 6.48. The number of hydrogen-bond acceptors (Lipinski definition) is 3. The number of nitrogens with one attached hydrogen (secondary N) is 1. The van der Waals surface area contributed by atoms with E-state index in [9.17, 15) is 18.0 Å². The fourth-order valence-electron chi connectivity index (χ4n) is 1.84. The number of ether oxygens (including phenoxy) is 2. The van der Waals surface area contributed by atoms with Gasteiger partial charge in [0.1, 0.15) is 5.75 Å². The molecule has 2 aromatic rings. The number of halogens is 4. The van der Waals surface area contributed by atoms with Crippen molar-refractivity contribution in [1.82, 2.24) is 5.32 Å². The summed E-state index contributed by atoms with van der Waals surface area (Å²) in [5, 5.41) is 2.49. The average molecular weight is 404 g/mol. The summed E-state index contributed by atoms with van der Waals surface area (Å²) in [6.45, 7) is -3.38. The van der Waals surface area contributed by atoms with E-state index in [0.717, 1.165) is 0 Å². The van der Waals surface area contributed by atoms with E-state index in [2.05, 4.69) is 26.0 Å². The van der Waals surface area contributed by atoms with Gasteiger partial charge in [-0.05, 0) is 24.3 Å². The zero-order valence-electron chi connectivity index (χ0n) is 12.3. The highest BCUT2D eigenvalue weighted by atomic mass is 79.9. The van der Waals surface area contributed by atoms with Gasteiger partial charge in [-0.25, -0.2) is 4.39 Å². The second-order valence-corrected chi connectivity index (χ2v) is 5.54. The normalized spacial score (nSPS) is 10.5. The molecule has 2 aromatic carbocycles. The molecular weight excluding hydrogens is 391 g/mol. The molecule has 128 valence electrons. The minimum atomic E-state index is -2.95. The Bertz CT molecular complexity index is 713. The molecule has 0 aliphatic heterocycles. The van der Waals surface area contributed by atoms with Crippen molar-refractivity contribution in [3.63, 3.8) is 0 Å². The van der Waals surface area contributed by atoms with Gasteiger partial charge < -0.3 is 14.8 Å². The van der Waals surface area contributed by atoms with Crippen LogP contribution in [-0.2, 0) is 11.3 Å². The molecule has 0 spiro atoms. The van der Waals surface area contributed by atoms with Crippen molar-refractivity contribution in [3.8, 4) is 11.5 Å². The van der Waals surface area contributed by atoms with Crippen LogP contribution in [0.25, 0.3) is 0 Å². The van der Waals surface area contributed by atoms with Crippen LogP contribution < -0.4 is 14.8 Å². The van der Waals surface area contributed by atoms with Crippen LogP contribution in [0.15, 0.2) is 46.9 Å². The molecule has 0 aliphatic carbocycles. The highest BCUT2D eigenvalue weighted by Gasteiger charge is 2.11. The van der Waals surface area contributed by atoms with E-state index in [4.69, 9.17) is 4.74 Å². The molecule has 0 atom stereocenters. The number of carbonyl (C=O) groups excluding carboxylic acids is 1. The van der Waals surface area contributed by atoms with Gasteiger partial charge in [-0.15, -0.1) is 0 Å². The molecule has 0 unspecified atom stereocenters. The molecular formula is C16H13BrF3NO3. The Morgan fingerprint density at radius 3 is 2.62 bits per heavy atom. The van der Waals surface area contributed by atoms with Gasteiger partial charge in [-0.1, -0.05) is 34.1 Å². The van der Waals surface area contributed by atoms with Crippen molar-refractivity contribution < 1.29 is 27.4 Å². The van der Waals surface area contributed by atoms with Crippen molar-refractivity contribution >= 4 is 21.8 Å². The third-order valence-corrected chi connectivity index (χ3v) is 3.41. The molecule has 0 bridgehead atoms. The van der Waals surface area contributed by atoms with Crippen molar-refractivity contribution in [2.45, 2.75) is 13.2 Å². The quantitative estimate of drug-likeness (QED) is 0.762. The van der Waals surface area contributed by atoms with Gasteiger partial charge in [0.15, 0.2) is 18.2 Å². The van der Waals surface area contributed by atoms with E-state index < -0.39 is 24.9 Å². The zero-order valence-corrected chi connectivity index (χ0v) is 13.9. The number of hydrogen-bond donors (Lipinski definition) is 1. The number of carbonyl (C=O) groups is 1. The van der Waals surface area contributed by atoms with Crippen molar-refractivity contribution in [2.75, 3.05) is 6.61 Å². The minimum Gasteiger partial charge on any atom is -0.481 e. The second kappa shape index (κ2) is 8.58. The Labute approximate surface area is 144 Å². The van der Waals surface area contributed by atoms with Gasteiger partial charge in [0, 0.05) is 16.6 Å². The number of alkyl halides is 2. The maximum atomic E-state index is 13.6. The third kappa shape index (κ3) is 5.45. The molecule has 0 radical (unpaired) electrons. The van der Waals surface area contributed by atoms with Crippen LogP contribution >= 0.6 is 15.9 Å². The van der Waals surface area contributed by atoms with Gasteiger partial charge in [-0.3, -0.25) is 4.79 Å². The van der Waals surface area contributed by atoms with E-state index in [1.807, 2.05) is 0 Å². The first kappa shape index (κ1) is 18.1. The number of benzene rings is 2. The highest BCUT2D eigenvalue weighted by Crippen LogP contribution is 2.22. The van der Waals surface area contributed by atoms with Crippen LogP contribution in [0.5, 0.6) is 11.5 Å². The Morgan fingerprint density at radius 1 is 1.17 bits per heavy atom. The highest BCUT2D eigenvalue weighted by molar-refractivity contribution is 9.10. The molecule has 0 aromatic heterocycles. The summed E-state index contributed by atoms with van der Waals surface area (Å²) in [5.74, 6) is -1.21. The van der Waals surface area contributed by atoms with Gasteiger partial charge in [0.25, 0.3) is 5.91 Å². The number of rotatable bonds is 7. The van der Waals surface area contributed by atoms with Crippen LogP contribution in [0.4, 0.5) is 13.2 Å². The Morgan fingerprint density at radius 2 is 1.92 bits per heavy atom. The summed E-state index contributed by atoms with van der Waals surface area (Å²) in [7, 11) is 0. The maximum Gasteiger partial charge on any atom is 0.387 e. The average Bonchev–Trinajstić information content (AvgIpc) is 2.52. The SMILES string of the molecule is O=C(COc1ccc(Br)cc1F)NCc1ccccc1OC(F)F.